The molecule has 0 aliphatic rings. The highest BCUT2D eigenvalue weighted by Crippen LogP contribution is 2.25. The Labute approximate surface area is 123 Å². The number of anilines is 2. The minimum atomic E-state index is -3.66. The van der Waals surface area contributed by atoms with Crippen molar-refractivity contribution in [1.82, 2.24) is 0 Å². The Balaban J connectivity index is 2.06. The molecule has 0 saturated heterocycles. The van der Waals surface area contributed by atoms with Crippen LogP contribution in [0.25, 0.3) is 10.8 Å². The van der Waals surface area contributed by atoms with Crippen molar-refractivity contribution in [2.45, 2.75) is 4.90 Å². The number of benzene rings is 3. The summed E-state index contributed by atoms with van der Waals surface area (Å²) in [6, 6.07) is 19.3. The monoisotopic (exact) mass is 298 g/mol. The van der Waals surface area contributed by atoms with E-state index in [4.69, 9.17) is 5.73 Å². The molecule has 0 aromatic heterocycles. The van der Waals surface area contributed by atoms with Gasteiger partial charge in [0.15, 0.2) is 0 Å². The molecule has 5 heteroatoms. The number of hydrogen-bond acceptors (Lipinski definition) is 3. The Kier molecular flexibility index (Phi) is 3.27. The third-order valence-electron chi connectivity index (χ3n) is 3.20. The highest BCUT2D eigenvalue weighted by Gasteiger charge is 2.15. The van der Waals surface area contributed by atoms with Gasteiger partial charge in [-0.05, 0) is 29.7 Å². The zero-order valence-electron chi connectivity index (χ0n) is 11.2. The van der Waals surface area contributed by atoms with Crippen LogP contribution in [0, 0.1) is 0 Å². The van der Waals surface area contributed by atoms with Crippen LogP contribution in [-0.2, 0) is 10.0 Å². The Bertz CT molecular complexity index is 900. The van der Waals surface area contributed by atoms with Gasteiger partial charge in [0, 0.05) is 11.1 Å². The molecule has 0 amide bonds. The number of hydrogen-bond donors (Lipinski definition) is 2. The highest BCUT2D eigenvalue weighted by molar-refractivity contribution is 7.92. The van der Waals surface area contributed by atoms with Gasteiger partial charge < -0.3 is 5.73 Å². The van der Waals surface area contributed by atoms with Gasteiger partial charge in [0.1, 0.15) is 0 Å². The van der Waals surface area contributed by atoms with Crippen LogP contribution < -0.4 is 10.5 Å². The molecule has 0 atom stereocenters. The summed E-state index contributed by atoms with van der Waals surface area (Å²) in [6.07, 6.45) is 0. The molecule has 0 bridgehead atoms. The van der Waals surface area contributed by atoms with E-state index in [1.54, 1.807) is 18.2 Å². The topological polar surface area (TPSA) is 72.2 Å². The summed E-state index contributed by atoms with van der Waals surface area (Å²) in [4.78, 5) is 0.149. The number of nitrogens with two attached hydrogens (primary N) is 1. The van der Waals surface area contributed by atoms with Gasteiger partial charge in [-0.25, -0.2) is 8.42 Å². The molecule has 0 radical (unpaired) electrons. The molecular formula is C16H14N2O2S. The van der Waals surface area contributed by atoms with Gasteiger partial charge in [0.25, 0.3) is 10.0 Å². The zero-order chi connectivity index (χ0) is 14.9. The lowest BCUT2D eigenvalue weighted by molar-refractivity contribution is 0.601. The molecule has 0 heterocycles. The third kappa shape index (κ3) is 2.68. The molecule has 0 aliphatic carbocycles. The molecule has 3 aromatic carbocycles. The summed E-state index contributed by atoms with van der Waals surface area (Å²) in [5.41, 5.74) is 6.61. The summed E-state index contributed by atoms with van der Waals surface area (Å²) >= 11 is 0. The maximum atomic E-state index is 12.4. The maximum absolute atomic E-state index is 12.4. The minimum absolute atomic E-state index is 0.149. The second-order valence-electron chi connectivity index (χ2n) is 4.70. The third-order valence-corrected chi connectivity index (χ3v) is 4.57. The SMILES string of the molecule is Nc1cccc(S(=O)(=O)Nc2cccc3ccccc23)c1. The van der Waals surface area contributed by atoms with Gasteiger partial charge in [-0.3, -0.25) is 4.72 Å². The lowest BCUT2D eigenvalue weighted by atomic mass is 10.1. The molecule has 21 heavy (non-hydrogen) atoms. The predicted octanol–water partition coefficient (Wildman–Crippen LogP) is 3.22. The van der Waals surface area contributed by atoms with E-state index >= 15 is 0 Å². The average molecular weight is 298 g/mol. The van der Waals surface area contributed by atoms with Crippen LogP contribution in [0.15, 0.2) is 71.6 Å². The van der Waals surface area contributed by atoms with Crippen LogP contribution in [0.4, 0.5) is 11.4 Å². The number of nitrogens with one attached hydrogen (secondary N) is 1. The van der Waals surface area contributed by atoms with Crippen molar-refractivity contribution in [3.8, 4) is 0 Å². The number of fused-ring (bicyclic) bond motifs is 1. The van der Waals surface area contributed by atoms with Crippen LogP contribution in [0.2, 0.25) is 0 Å². The average Bonchev–Trinajstić information content (AvgIpc) is 2.47. The summed E-state index contributed by atoms with van der Waals surface area (Å²) < 4.78 is 27.5. The molecule has 0 fully saturated rings. The quantitative estimate of drug-likeness (QED) is 0.729. The van der Waals surface area contributed by atoms with E-state index in [1.807, 2.05) is 36.4 Å². The largest absolute Gasteiger partial charge is 0.399 e. The first-order chi connectivity index (χ1) is 10.1. The predicted molar refractivity (Wildman–Crippen MR) is 85.6 cm³/mol. The van der Waals surface area contributed by atoms with Crippen molar-refractivity contribution < 1.29 is 8.42 Å². The van der Waals surface area contributed by atoms with Gasteiger partial charge in [-0.1, -0.05) is 42.5 Å². The van der Waals surface area contributed by atoms with Crippen molar-refractivity contribution in [1.29, 1.82) is 0 Å². The van der Waals surface area contributed by atoms with Crippen LogP contribution >= 0.6 is 0 Å². The standard InChI is InChI=1S/C16H14N2O2S/c17-13-7-4-8-14(11-13)21(19,20)18-16-10-3-6-12-5-1-2-9-15(12)16/h1-11,18H,17H2. The second kappa shape index (κ2) is 5.10. The Morgan fingerprint density at radius 2 is 1.57 bits per heavy atom. The molecule has 0 unspecified atom stereocenters. The Hall–Kier alpha value is -2.53. The normalized spacial score (nSPS) is 11.4. The molecule has 3 rings (SSSR count). The van der Waals surface area contributed by atoms with Crippen molar-refractivity contribution in [3.63, 3.8) is 0 Å². The van der Waals surface area contributed by atoms with Crippen molar-refractivity contribution >= 4 is 32.2 Å². The molecular weight excluding hydrogens is 284 g/mol. The number of sulfonamides is 1. The lowest BCUT2D eigenvalue weighted by Gasteiger charge is -2.11. The molecule has 0 saturated carbocycles. The van der Waals surface area contributed by atoms with E-state index in [1.165, 1.54) is 12.1 Å². The zero-order valence-corrected chi connectivity index (χ0v) is 12.0. The molecule has 3 N–H and O–H groups in total. The van der Waals surface area contributed by atoms with E-state index in [2.05, 4.69) is 4.72 Å². The first-order valence-corrected chi connectivity index (χ1v) is 7.91. The van der Waals surface area contributed by atoms with Crippen LogP contribution in [-0.4, -0.2) is 8.42 Å². The van der Waals surface area contributed by atoms with Gasteiger partial charge in [-0.2, -0.15) is 0 Å². The van der Waals surface area contributed by atoms with Gasteiger partial charge >= 0.3 is 0 Å². The molecule has 3 aromatic rings. The van der Waals surface area contributed by atoms with E-state index in [0.29, 0.717) is 11.4 Å². The summed E-state index contributed by atoms with van der Waals surface area (Å²) in [5, 5.41) is 1.83. The van der Waals surface area contributed by atoms with Gasteiger partial charge in [0.2, 0.25) is 0 Å². The number of nitrogen functional groups attached to an aromatic ring is 1. The summed E-state index contributed by atoms with van der Waals surface area (Å²) in [6.45, 7) is 0. The van der Waals surface area contributed by atoms with Crippen LogP contribution in [0.5, 0.6) is 0 Å². The lowest BCUT2D eigenvalue weighted by Crippen LogP contribution is -2.13. The van der Waals surface area contributed by atoms with Crippen LogP contribution in [0.3, 0.4) is 0 Å². The fourth-order valence-corrected chi connectivity index (χ4v) is 3.33. The summed E-state index contributed by atoms with van der Waals surface area (Å²) in [5.74, 6) is 0. The van der Waals surface area contributed by atoms with Crippen molar-refractivity contribution in [2.24, 2.45) is 0 Å². The first kappa shape index (κ1) is 13.5. The second-order valence-corrected chi connectivity index (χ2v) is 6.39. The van der Waals surface area contributed by atoms with E-state index in [0.717, 1.165) is 10.8 Å². The molecule has 106 valence electrons. The van der Waals surface area contributed by atoms with Crippen LogP contribution in [0.1, 0.15) is 0 Å². The number of rotatable bonds is 3. The van der Waals surface area contributed by atoms with E-state index in [9.17, 15) is 8.42 Å². The summed E-state index contributed by atoms with van der Waals surface area (Å²) in [7, 11) is -3.66. The first-order valence-electron chi connectivity index (χ1n) is 6.42. The van der Waals surface area contributed by atoms with Crippen molar-refractivity contribution in [2.75, 3.05) is 10.5 Å². The van der Waals surface area contributed by atoms with E-state index in [-0.39, 0.29) is 4.90 Å². The highest BCUT2D eigenvalue weighted by atomic mass is 32.2. The fraction of sp³-hybridized carbons (Fsp3) is 0. The molecule has 0 spiro atoms. The fourth-order valence-electron chi connectivity index (χ4n) is 2.20. The minimum Gasteiger partial charge on any atom is -0.399 e. The van der Waals surface area contributed by atoms with E-state index < -0.39 is 10.0 Å². The molecule has 0 aliphatic heterocycles. The maximum Gasteiger partial charge on any atom is 0.261 e. The van der Waals surface area contributed by atoms with Gasteiger partial charge in [0.05, 0.1) is 10.6 Å². The van der Waals surface area contributed by atoms with Crippen molar-refractivity contribution in [3.05, 3.63) is 66.7 Å². The Morgan fingerprint density at radius 1 is 0.857 bits per heavy atom. The van der Waals surface area contributed by atoms with Gasteiger partial charge in [-0.15, -0.1) is 0 Å². The molecule has 4 nitrogen and oxygen atoms in total. The Morgan fingerprint density at radius 3 is 2.38 bits per heavy atom. The smallest absolute Gasteiger partial charge is 0.261 e.